The van der Waals surface area contributed by atoms with Gasteiger partial charge < -0.3 is 9.64 Å². The first-order valence-corrected chi connectivity index (χ1v) is 9.65. The van der Waals surface area contributed by atoms with Crippen LogP contribution in [0.25, 0.3) is 0 Å². The van der Waals surface area contributed by atoms with Crippen molar-refractivity contribution in [1.29, 1.82) is 0 Å². The van der Waals surface area contributed by atoms with Crippen LogP contribution in [0, 0.1) is 17.8 Å². The van der Waals surface area contributed by atoms with E-state index in [0.717, 1.165) is 36.7 Å². The van der Waals surface area contributed by atoms with E-state index in [1.807, 2.05) is 6.92 Å². The molecule has 0 amide bonds. The number of nitrogens with zero attached hydrogens (tertiary/aromatic N) is 2. The van der Waals surface area contributed by atoms with Gasteiger partial charge in [-0.05, 0) is 55.2 Å². The predicted octanol–water partition coefficient (Wildman–Crippen LogP) is 3.42. The summed E-state index contributed by atoms with van der Waals surface area (Å²) in [5.41, 5.74) is 1.39. The number of benzene rings is 1. The molecule has 0 spiro atoms. The largest absolute Gasteiger partial charge is 0.494 e. The van der Waals surface area contributed by atoms with Crippen molar-refractivity contribution in [2.24, 2.45) is 17.8 Å². The molecule has 1 saturated heterocycles. The number of piperazine rings is 1. The molecule has 24 heavy (non-hydrogen) atoms. The van der Waals surface area contributed by atoms with Gasteiger partial charge in [-0.2, -0.15) is 0 Å². The topological polar surface area (TPSA) is 15.7 Å². The van der Waals surface area contributed by atoms with Crippen molar-refractivity contribution in [3.05, 3.63) is 42.0 Å². The molecule has 0 radical (unpaired) electrons. The summed E-state index contributed by atoms with van der Waals surface area (Å²) in [6, 6.07) is 8.60. The summed E-state index contributed by atoms with van der Waals surface area (Å²) in [7, 11) is 0. The second-order valence-corrected chi connectivity index (χ2v) is 7.69. The summed E-state index contributed by atoms with van der Waals surface area (Å²) in [5.74, 6) is 3.70. The molecule has 0 unspecified atom stereocenters. The summed E-state index contributed by atoms with van der Waals surface area (Å²) in [4.78, 5) is 5.29. The van der Waals surface area contributed by atoms with E-state index in [-0.39, 0.29) is 0 Å². The van der Waals surface area contributed by atoms with Crippen LogP contribution in [-0.2, 0) is 6.54 Å². The second-order valence-electron chi connectivity index (χ2n) is 7.69. The van der Waals surface area contributed by atoms with Gasteiger partial charge in [-0.1, -0.05) is 24.3 Å². The average Bonchev–Trinajstić information content (AvgIpc) is 3.22. The lowest BCUT2D eigenvalue weighted by Gasteiger charge is -2.37. The fraction of sp³-hybridized carbons (Fsp3) is 0.619. The summed E-state index contributed by atoms with van der Waals surface area (Å²) in [6.07, 6.45) is 7.81. The third-order valence-electron chi connectivity index (χ3n) is 6.01. The van der Waals surface area contributed by atoms with Gasteiger partial charge in [0.15, 0.2) is 0 Å². The Morgan fingerprint density at radius 3 is 2.33 bits per heavy atom. The fourth-order valence-corrected chi connectivity index (χ4v) is 4.68. The third kappa shape index (κ3) is 3.68. The fourth-order valence-electron chi connectivity index (χ4n) is 4.68. The molecule has 3 atom stereocenters. The number of hydrogen-bond donors (Lipinski definition) is 0. The van der Waals surface area contributed by atoms with Crippen molar-refractivity contribution in [3.63, 3.8) is 0 Å². The van der Waals surface area contributed by atoms with Crippen molar-refractivity contribution in [1.82, 2.24) is 9.80 Å². The highest BCUT2D eigenvalue weighted by Crippen LogP contribution is 2.43. The molecule has 1 heterocycles. The SMILES string of the molecule is CCOc1ccc(CN2CCN(C[C@@H]3C[C@H]4C=C[C@@H]3C4)CC2)cc1. The molecular formula is C21H30N2O. The lowest BCUT2D eigenvalue weighted by atomic mass is 9.93. The number of hydrogen-bond acceptors (Lipinski definition) is 3. The molecule has 2 bridgehead atoms. The van der Waals surface area contributed by atoms with Crippen molar-refractivity contribution in [3.8, 4) is 5.75 Å². The highest BCUT2D eigenvalue weighted by molar-refractivity contribution is 5.27. The van der Waals surface area contributed by atoms with Crippen LogP contribution in [0.2, 0.25) is 0 Å². The first-order chi connectivity index (χ1) is 11.8. The Hall–Kier alpha value is -1.32. The van der Waals surface area contributed by atoms with Crippen LogP contribution in [0.3, 0.4) is 0 Å². The van der Waals surface area contributed by atoms with Gasteiger partial charge in [-0.25, -0.2) is 0 Å². The maximum Gasteiger partial charge on any atom is 0.119 e. The molecule has 1 aliphatic heterocycles. The minimum Gasteiger partial charge on any atom is -0.494 e. The minimum absolute atomic E-state index is 0.736. The lowest BCUT2D eigenvalue weighted by Crippen LogP contribution is -2.47. The minimum atomic E-state index is 0.736. The van der Waals surface area contributed by atoms with Crippen LogP contribution in [0.5, 0.6) is 5.75 Å². The van der Waals surface area contributed by atoms with Crippen molar-refractivity contribution in [2.75, 3.05) is 39.3 Å². The van der Waals surface area contributed by atoms with E-state index in [1.165, 1.54) is 51.1 Å². The van der Waals surface area contributed by atoms with Crippen molar-refractivity contribution >= 4 is 0 Å². The highest BCUT2D eigenvalue weighted by Gasteiger charge is 2.36. The first kappa shape index (κ1) is 16.2. The van der Waals surface area contributed by atoms with E-state index in [0.29, 0.717) is 0 Å². The van der Waals surface area contributed by atoms with E-state index in [9.17, 15) is 0 Å². The summed E-state index contributed by atoms with van der Waals surface area (Å²) in [6.45, 7) is 10.0. The Bertz CT molecular complexity index is 560. The molecule has 1 aromatic rings. The monoisotopic (exact) mass is 326 g/mol. The maximum atomic E-state index is 5.52. The van der Waals surface area contributed by atoms with E-state index in [4.69, 9.17) is 4.74 Å². The zero-order chi connectivity index (χ0) is 16.4. The van der Waals surface area contributed by atoms with Gasteiger partial charge in [0, 0.05) is 39.3 Å². The van der Waals surface area contributed by atoms with Gasteiger partial charge in [0.25, 0.3) is 0 Å². The number of rotatable bonds is 6. The Kier molecular flexibility index (Phi) is 4.91. The third-order valence-corrected chi connectivity index (χ3v) is 6.01. The van der Waals surface area contributed by atoms with Gasteiger partial charge in [-0.3, -0.25) is 4.90 Å². The van der Waals surface area contributed by atoms with Crippen LogP contribution < -0.4 is 4.74 Å². The number of fused-ring (bicyclic) bond motifs is 2. The zero-order valence-corrected chi connectivity index (χ0v) is 14.9. The van der Waals surface area contributed by atoms with Crippen LogP contribution in [0.15, 0.2) is 36.4 Å². The molecule has 130 valence electrons. The van der Waals surface area contributed by atoms with E-state index < -0.39 is 0 Å². The molecule has 1 saturated carbocycles. The molecule has 2 fully saturated rings. The van der Waals surface area contributed by atoms with Crippen molar-refractivity contribution < 1.29 is 4.74 Å². The smallest absolute Gasteiger partial charge is 0.119 e. The van der Waals surface area contributed by atoms with Crippen molar-refractivity contribution in [2.45, 2.75) is 26.3 Å². The maximum absolute atomic E-state index is 5.52. The molecule has 0 N–H and O–H groups in total. The zero-order valence-electron chi connectivity index (χ0n) is 14.9. The standard InChI is InChI=1S/C21H30N2O/c1-2-24-21-7-4-17(5-8-21)15-22-9-11-23(12-10-22)16-20-14-18-3-6-19(20)13-18/h3-8,18-20H,2,9-16H2,1H3/t18-,19+,20-/m0/s1. The lowest BCUT2D eigenvalue weighted by molar-refractivity contribution is 0.108. The molecule has 1 aromatic carbocycles. The van der Waals surface area contributed by atoms with E-state index in [2.05, 4.69) is 46.2 Å². The van der Waals surface area contributed by atoms with Crippen LogP contribution >= 0.6 is 0 Å². The Morgan fingerprint density at radius 2 is 1.71 bits per heavy atom. The summed E-state index contributed by atoms with van der Waals surface area (Å²) in [5, 5.41) is 0. The molecule has 3 heteroatoms. The molecule has 3 aliphatic rings. The summed E-state index contributed by atoms with van der Waals surface area (Å²) < 4.78 is 5.52. The molecular weight excluding hydrogens is 296 g/mol. The first-order valence-electron chi connectivity index (χ1n) is 9.65. The van der Waals surface area contributed by atoms with Gasteiger partial charge in [0.2, 0.25) is 0 Å². The van der Waals surface area contributed by atoms with Gasteiger partial charge >= 0.3 is 0 Å². The van der Waals surface area contributed by atoms with Gasteiger partial charge in [-0.15, -0.1) is 0 Å². The Morgan fingerprint density at radius 1 is 0.958 bits per heavy atom. The molecule has 0 aromatic heterocycles. The predicted molar refractivity (Wildman–Crippen MR) is 98.2 cm³/mol. The van der Waals surface area contributed by atoms with Gasteiger partial charge in [0.05, 0.1) is 6.61 Å². The van der Waals surface area contributed by atoms with Crippen LogP contribution in [-0.4, -0.2) is 49.1 Å². The molecule has 3 nitrogen and oxygen atoms in total. The van der Waals surface area contributed by atoms with Crippen LogP contribution in [0.1, 0.15) is 25.3 Å². The van der Waals surface area contributed by atoms with E-state index >= 15 is 0 Å². The normalized spacial score (nSPS) is 30.1. The second kappa shape index (κ2) is 7.28. The molecule has 4 rings (SSSR count). The highest BCUT2D eigenvalue weighted by atomic mass is 16.5. The number of ether oxygens (including phenoxy) is 1. The van der Waals surface area contributed by atoms with Gasteiger partial charge in [0.1, 0.15) is 5.75 Å². The average molecular weight is 326 g/mol. The summed E-state index contributed by atoms with van der Waals surface area (Å²) >= 11 is 0. The van der Waals surface area contributed by atoms with E-state index in [1.54, 1.807) is 0 Å². The molecule has 2 aliphatic carbocycles. The van der Waals surface area contributed by atoms with Crippen LogP contribution in [0.4, 0.5) is 0 Å². The Labute approximate surface area is 146 Å². The Balaban J connectivity index is 1.22. The number of allylic oxidation sites excluding steroid dienone is 2. The quantitative estimate of drug-likeness (QED) is 0.745.